The van der Waals surface area contributed by atoms with Gasteiger partial charge in [0.1, 0.15) is 6.04 Å². The molecule has 0 aliphatic carbocycles. The number of urea groups is 1. The highest BCUT2D eigenvalue weighted by molar-refractivity contribution is 8.13. The number of rotatable bonds is 8. The highest BCUT2D eigenvalue weighted by Gasteiger charge is 2.49. The molecule has 0 aromatic heterocycles. The number of thioether (sulfide) groups is 1. The second-order valence-corrected chi connectivity index (χ2v) is 9.45. The lowest BCUT2D eigenvalue weighted by Gasteiger charge is -2.27. The van der Waals surface area contributed by atoms with Crippen LogP contribution in [0, 0.1) is 5.41 Å². The molecule has 0 spiro atoms. The van der Waals surface area contributed by atoms with Crippen LogP contribution in [0.2, 0.25) is 0 Å². The zero-order chi connectivity index (χ0) is 19.7. The fourth-order valence-electron chi connectivity index (χ4n) is 2.72. The van der Waals surface area contributed by atoms with Gasteiger partial charge >= 0.3 is 16.4 Å². The zero-order valence-electron chi connectivity index (χ0n) is 14.8. The summed E-state index contributed by atoms with van der Waals surface area (Å²) >= 11 is 1.07. The minimum atomic E-state index is -4.48. The van der Waals surface area contributed by atoms with Crippen LogP contribution in [0.15, 0.2) is 0 Å². The van der Waals surface area contributed by atoms with Crippen LogP contribution in [0.3, 0.4) is 0 Å². The molecule has 12 heteroatoms. The average Bonchev–Trinajstić information content (AvgIpc) is 2.76. The molecule has 3 amide bonds. The lowest BCUT2D eigenvalue weighted by atomic mass is 9.98. The summed E-state index contributed by atoms with van der Waals surface area (Å²) in [5, 5.41) is 0.653. The first kappa shape index (κ1) is 20.9. The lowest BCUT2D eigenvalue weighted by molar-refractivity contribution is -0.122. The third-order valence-corrected chi connectivity index (χ3v) is 6.17. The molecule has 148 valence electrons. The van der Waals surface area contributed by atoms with Crippen LogP contribution in [0.4, 0.5) is 4.79 Å². The van der Waals surface area contributed by atoms with Crippen LogP contribution in [0.25, 0.3) is 0 Å². The van der Waals surface area contributed by atoms with Crippen LogP contribution in [0.1, 0.15) is 33.6 Å². The van der Waals surface area contributed by atoms with Crippen molar-refractivity contribution >= 4 is 39.2 Å². The lowest BCUT2D eigenvalue weighted by Crippen LogP contribution is -2.47. The Kier molecular flexibility index (Phi) is 6.20. The van der Waals surface area contributed by atoms with E-state index in [1.54, 1.807) is 13.8 Å². The first-order valence-corrected chi connectivity index (χ1v) is 10.4. The van der Waals surface area contributed by atoms with Gasteiger partial charge in [0.05, 0.1) is 12.6 Å². The van der Waals surface area contributed by atoms with Crippen molar-refractivity contribution in [3.05, 3.63) is 0 Å². The predicted molar refractivity (Wildman–Crippen MR) is 92.8 cm³/mol. The van der Waals surface area contributed by atoms with Crippen molar-refractivity contribution in [1.82, 2.24) is 9.96 Å². The van der Waals surface area contributed by atoms with E-state index in [1.807, 2.05) is 0 Å². The highest BCUT2D eigenvalue weighted by atomic mass is 32.3. The minimum absolute atomic E-state index is 0.0785. The smallest absolute Gasteiger partial charge is 0.368 e. The Bertz CT molecular complexity index is 695. The van der Waals surface area contributed by atoms with Crippen molar-refractivity contribution < 1.29 is 31.3 Å². The maximum Gasteiger partial charge on any atom is 0.421 e. The number of primary amides is 1. The van der Waals surface area contributed by atoms with Crippen molar-refractivity contribution in [2.45, 2.75) is 45.7 Å². The van der Waals surface area contributed by atoms with Gasteiger partial charge in [-0.25, -0.2) is 8.98 Å². The van der Waals surface area contributed by atoms with E-state index in [2.05, 4.69) is 0 Å². The molecule has 0 aromatic carbocycles. The molecule has 2 bridgehead atoms. The third-order valence-electron chi connectivity index (χ3n) is 4.08. The van der Waals surface area contributed by atoms with Gasteiger partial charge in [0.25, 0.3) is 0 Å². The van der Waals surface area contributed by atoms with Gasteiger partial charge in [0, 0.05) is 19.2 Å². The number of carbonyl (C=O) groups excluding carboxylic acids is 3. The second-order valence-electron chi connectivity index (χ2n) is 7.10. The Balaban J connectivity index is 1.96. The van der Waals surface area contributed by atoms with Gasteiger partial charge in [-0.1, -0.05) is 25.6 Å². The van der Waals surface area contributed by atoms with Crippen LogP contribution in [-0.2, 0) is 28.5 Å². The first-order valence-electron chi connectivity index (χ1n) is 8.03. The maximum atomic E-state index is 12.3. The Hall–Kier alpha value is -1.37. The number of hydrogen-bond acceptors (Lipinski definition) is 8. The standard InChI is InChI=1S/C14H23N3O7S2/c1-9(18)25-8-14(2,3)7-23-26(21,22)24-17-10-4-5-11(12(15)19)16(6-10)13(17)20/h10-11H,4-8H2,1-3H3,(H2,15,19)/t10-,11+/m1/s1. The molecule has 0 unspecified atom stereocenters. The Morgan fingerprint density at radius 1 is 1.35 bits per heavy atom. The Labute approximate surface area is 156 Å². The number of nitrogens with two attached hydrogens (primary N) is 1. The minimum Gasteiger partial charge on any atom is -0.368 e. The van der Waals surface area contributed by atoms with E-state index in [-0.39, 0.29) is 18.3 Å². The van der Waals surface area contributed by atoms with E-state index in [9.17, 15) is 22.8 Å². The van der Waals surface area contributed by atoms with Crippen LogP contribution in [-0.4, -0.2) is 66.4 Å². The van der Waals surface area contributed by atoms with Gasteiger partial charge in [0.15, 0.2) is 5.12 Å². The molecular formula is C14H23N3O7S2. The second kappa shape index (κ2) is 7.71. The molecule has 10 nitrogen and oxygen atoms in total. The van der Waals surface area contributed by atoms with Crippen LogP contribution < -0.4 is 5.73 Å². The molecule has 26 heavy (non-hydrogen) atoms. The van der Waals surface area contributed by atoms with Crippen molar-refractivity contribution in [1.29, 1.82) is 0 Å². The van der Waals surface area contributed by atoms with Crippen molar-refractivity contribution in [3.63, 3.8) is 0 Å². The topological polar surface area (TPSA) is 136 Å². The maximum absolute atomic E-state index is 12.3. The van der Waals surface area contributed by atoms with Gasteiger partial charge in [-0.15, -0.1) is 4.28 Å². The van der Waals surface area contributed by atoms with Crippen molar-refractivity contribution in [3.8, 4) is 0 Å². The van der Waals surface area contributed by atoms with E-state index < -0.39 is 39.8 Å². The number of hydroxylamine groups is 2. The quantitative estimate of drug-likeness (QED) is 0.602. The van der Waals surface area contributed by atoms with E-state index in [1.165, 1.54) is 11.8 Å². The number of hydrogen-bond donors (Lipinski definition) is 1. The SMILES string of the molecule is CC(=O)SCC(C)(C)COS(=O)(=O)ON1C(=O)N2C[C@H]1CC[C@H]2C(N)=O. The summed E-state index contributed by atoms with van der Waals surface area (Å²) in [5.74, 6) is -0.264. The molecule has 2 aliphatic rings. The number of carbonyl (C=O) groups is 3. The molecule has 2 fully saturated rings. The zero-order valence-corrected chi connectivity index (χ0v) is 16.5. The molecular weight excluding hydrogens is 386 g/mol. The molecule has 0 aromatic rings. The number of amides is 3. The first-order chi connectivity index (χ1) is 11.9. The molecule has 2 aliphatic heterocycles. The largest absolute Gasteiger partial charge is 0.421 e. The van der Waals surface area contributed by atoms with Gasteiger partial charge in [0.2, 0.25) is 5.91 Å². The van der Waals surface area contributed by atoms with E-state index in [4.69, 9.17) is 14.2 Å². The predicted octanol–water partition coefficient (Wildman–Crippen LogP) is 0.239. The molecule has 2 N–H and O–H groups in total. The van der Waals surface area contributed by atoms with Crippen LogP contribution in [0.5, 0.6) is 0 Å². The average molecular weight is 409 g/mol. The third kappa shape index (κ3) is 5.09. The van der Waals surface area contributed by atoms with Crippen molar-refractivity contribution in [2.75, 3.05) is 18.9 Å². The van der Waals surface area contributed by atoms with Gasteiger partial charge in [-0.3, -0.25) is 9.59 Å². The molecule has 0 saturated carbocycles. The summed E-state index contributed by atoms with van der Waals surface area (Å²) in [6.45, 7) is 4.87. The molecule has 2 rings (SSSR count). The fourth-order valence-corrected chi connectivity index (χ4v) is 4.28. The number of piperidine rings is 1. The van der Waals surface area contributed by atoms with Gasteiger partial charge in [-0.2, -0.15) is 13.5 Å². The van der Waals surface area contributed by atoms with Gasteiger partial charge < -0.3 is 10.6 Å². The molecule has 2 heterocycles. The highest BCUT2D eigenvalue weighted by Crippen LogP contribution is 2.31. The summed E-state index contributed by atoms with van der Waals surface area (Å²) in [6, 6.07) is -1.98. The Morgan fingerprint density at radius 2 is 2.00 bits per heavy atom. The summed E-state index contributed by atoms with van der Waals surface area (Å²) in [4.78, 5) is 36.0. The number of fused-ring (bicyclic) bond motifs is 2. The molecule has 2 atom stereocenters. The Morgan fingerprint density at radius 3 is 2.58 bits per heavy atom. The van der Waals surface area contributed by atoms with E-state index in [0.29, 0.717) is 18.6 Å². The monoisotopic (exact) mass is 409 g/mol. The van der Waals surface area contributed by atoms with E-state index in [0.717, 1.165) is 16.8 Å². The summed E-state index contributed by atoms with van der Waals surface area (Å²) < 4.78 is 33.9. The fraction of sp³-hybridized carbons (Fsp3) is 0.786. The van der Waals surface area contributed by atoms with Crippen LogP contribution >= 0.6 is 11.8 Å². The normalized spacial score (nSPS) is 23.4. The molecule has 2 saturated heterocycles. The summed E-state index contributed by atoms with van der Waals surface area (Å²) in [5.41, 5.74) is 4.67. The summed E-state index contributed by atoms with van der Waals surface area (Å²) in [6.07, 6.45) is 0.744. The summed E-state index contributed by atoms with van der Waals surface area (Å²) in [7, 11) is -4.48. The number of nitrogens with zero attached hydrogens (tertiary/aromatic N) is 2. The van der Waals surface area contributed by atoms with Crippen molar-refractivity contribution in [2.24, 2.45) is 11.1 Å². The van der Waals surface area contributed by atoms with Gasteiger partial charge in [-0.05, 0) is 18.3 Å². The van der Waals surface area contributed by atoms with E-state index >= 15 is 0 Å². The molecule has 0 radical (unpaired) electrons.